The molecule has 0 unspecified atom stereocenters. The number of amides is 1. The number of carbonyl (C=O) groups excluding carboxylic acids is 1. The van der Waals surface area contributed by atoms with Crippen molar-refractivity contribution in [3.63, 3.8) is 0 Å². The lowest BCUT2D eigenvalue weighted by Crippen LogP contribution is -2.20. The maximum Gasteiger partial charge on any atom is 0.250 e. The largest absolute Gasteiger partial charge is 0.324 e. The van der Waals surface area contributed by atoms with Crippen LogP contribution in [0.1, 0.15) is 22.7 Å². The molecule has 0 fully saturated rings. The van der Waals surface area contributed by atoms with E-state index in [-0.39, 0.29) is 17.6 Å². The molecule has 0 spiro atoms. The van der Waals surface area contributed by atoms with Crippen LogP contribution in [0.2, 0.25) is 5.02 Å². The molecule has 6 nitrogen and oxygen atoms in total. The fraction of sp³-hybridized carbons (Fsp3) is 0.0385. The lowest BCUT2D eigenvalue weighted by atomic mass is 10.0. The van der Waals surface area contributed by atoms with Crippen molar-refractivity contribution in [2.45, 2.75) is 6.04 Å². The molecule has 0 bridgehead atoms. The van der Waals surface area contributed by atoms with E-state index in [1.165, 1.54) is 30.3 Å². The van der Waals surface area contributed by atoms with Crippen molar-refractivity contribution in [2.24, 2.45) is 0 Å². The average Bonchev–Trinajstić information content (AvgIpc) is 3.26. The number of nitrogens with one attached hydrogen (secondary N) is 2. The molecule has 2 heterocycles. The molecule has 3 aromatic carbocycles. The minimum absolute atomic E-state index is 0.0964. The Labute approximate surface area is 204 Å². The lowest BCUT2D eigenvalue weighted by molar-refractivity contribution is -0.111. The summed E-state index contributed by atoms with van der Waals surface area (Å²) in [6, 6.07) is 18.8. The van der Waals surface area contributed by atoms with Gasteiger partial charge in [0.05, 0.1) is 0 Å². The Bertz CT molecular complexity index is 1430. The Hall–Kier alpha value is -4.30. The van der Waals surface area contributed by atoms with E-state index in [9.17, 15) is 13.6 Å². The van der Waals surface area contributed by atoms with E-state index in [1.54, 1.807) is 47.2 Å². The normalized spacial score (nSPS) is 14.8. The third-order valence-electron chi connectivity index (χ3n) is 5.36. The van der Waals surface area contributed by atoms with E-state index in [0.29, 0.717) is 16.5 Å². The second-order valence-electron chi connectivity index (χ2n) is 7.79. The quantitative estimate of drug-likeness (QED) is 0.341. The highest BCUT2D eigenvalue weighted by molar-refractivity contribution is 6.30. The number of nitrogens with zero attached hydrogens (tertiary/aromatic N) is 3. The predicted octanol–water partition coefficient (Wildman–Crippen LogP) is 5.92. The number of rotatable bonds is 5. The SMILES string of the molecule is O=C(/C=C/c1ccc(F)cc1)Nc1nc2n(n1)[C@H](c1ccc(F)cc1)C=C(c1ccc(Cl)cc1)N2. The number of hydrogen-bond acceptors (Lipinski definition) is 4. The summed E-state index contributed by atoms with van der Waals surface area (Å²) in [5, 5.41) is 10.9. The molecule has 9 heteroatoms. The second-order valence-corrected chi connectivity index (χ2v) is 8.22. The van der Waals surface area contributed by atoms with Gasteiger partial charge < -0.3 is 5.32 Å². The topological polar surface area (TPSA) is 71.8 Å². The van der Waals surface area contributed by atoms with Crippen LogP contribution in [0.4, 0.5) is 20.7 Å². The van der Waals surface area contributed by atoms with E-state index in [0.717, 1.165) is 16.8 Å². The molecular formula is C26H18ClF2N5O. The number of hydrogen-bond donors (Lipinski definition) is 2. The first-order chi connectivity index (χ1) is 16.9. The molecule has 1 aliphatic heterocycles. The molecule has 174 valence electrons. The highest BCUT2D eigenvalue weighted by atomic mass is 35.5. The first-order valence-corrected chi connectivity index (χ1v) is 11.0. The minimum atomic E-state index is -0.443. The Morgan fingerprint density at radius 3 is 2.31 bits per heavy atom. The maximum atomic E-state index is 13.5. The summed E-state index contributed by atoms with van der Waals surface area (Å²) < 4.78 is 28.2. The molecule has 0 saturated heterocycles. The van der Waals surface area contributed by atoms with Gasteiger partial charge in [-0.2, -0.15) is 4.98 Å². The number of allylic oxidation sites excluding steroid dienone is 1. The van der Waals surface area contributed by atoms with Gasteiger partial charge in [0.15, 0.2) is 0 Å². The zero-order valence-electron chi connectivity index (χ0n) is 18.1. The summed E-state index contributed by atoms with van der Waals surface area (Å²) in [6.07, 6.45) is 4.82. The number of carbonyl (C=O) groups is 1. The summed E-state index contributed by atoms with van der Waals surface area (Å²) in [6.45, 7) is 0. The van der Waals surface area contributed by atoms with Crippen LogP contribution in [0.5, 0.6) is 0 Å². The molecule has 2 N–H and O–H groups in total. The first-order valence-electron chi connectivity index (χ1n) is 10.7. The summed E-state index contributed by atoms with van der Waals surface area (Å²) in [5.74, 6) is -0.635. The molecule has 1 aromatic heterocycles. The van der Waals surface area contributed by atoms with Crippen LogP contribution < -0.4 is 10.6 Å². The van der Waals surface area contributed by atoms with Crippen molar-refractivity contribution >= 4 is 41.2 Å². The van der Waals surface area contributed by atoms with Crippen molar-refractivity contribution < 1.29 is 13.6 Å². The number of halogens is 3. The van der Waals surface area contributed by atoms with Gasteiger partial charge in [-0.05, 0) is 65.2 Å². The van der Waals surface area contributed by atoms with Gasteiger partial charge in [-0.3, -0.25) is 10.1 Å². The predicted molar refractivity (Wildman–Crippen MR) is 132 cm³/mol. The Balaban J connectivity index is 1.42. The molecule has 1 atom stereocenters. The van der Waals surface area contributed by atoms with Crippen LogP contribution in [0.3, 0.4) is 0 Å². The highest BCUT2D eigenvalue weighted by Gasteiger charge is 2.25. The zero-order valence-corrected chi connectivity index (χ0v) is 18.9. The molecular weight excluding hydrogens is 472 g/mol. The third kappa shape index (κ3) is 5.12. The standard InChI is InChI=1S/C26H18ClF2N5O/c27-19-8-4-17(5-9-19)22-15-23(18-6-12-21(29)13-7-18)34-26(30-22)32-25(33-34)31-24(35)14-3-16-1-10-20(28)11-2-16/h1-15,23H,(H2,30,31,32,33,35)/b14-3+/t23-/m0/s1. The van der Waals surface area contributed by atoms with Gasteiger partial charge in [0, 0.05) is 16.8 Å². The summed E-state index contributed by atoms with van der Waals surface area (Å²) in [5.41, 5.74) is 3.11. The van der Waals surface area contributed by atoms with Crippen LogP contribution in [-0.4, -0.2) is 20.7 Å². The number of aromatic nitrogens is 3. The van der Waals surface area contributed by atoms with E-state index in [2.05, 4.69) is 20.7 Å². The van der Waals surface area contributed by atoms with Crippen molar-refractivity contribution in [3.05, 3.63) is 118 Å². The second kappa shape index (κ2) is 9.52. The number of anilines is 2. The van der Waals surface area contributed by atoms with Crippen LogP contribution in [0.15, 0.2) is 84.9 Å². The van der Waals surface area contributed by atoms with Crippen molar-refractivity contribution in [1.29, 1.82) is 0 Å². The average molecular weight is 490 g/mol. The Morgan fingerprint density at radius 2 is 1.63 bits per heavy atom. The summed E-state index contributed by atoms with van der Waals surface area (Å²) >= 11 is 6.03. The van der Waals surface area contributed by atoms with Gasteiger partial charge >= 0.3 is 0 Å². The summed E-state index contributed by atoms with van der Waals surface area (Å²) in [4.78, 5) is 16.9. The van der Waals surface area contributed by atoms with E-state index in [1.807, 2.05) is 18.2 Å². The Morgan fingerprint density at radius 1 is 0.971 bits per heavy atom. The van der Waals surface area contributed by atoms with Crippen LogP contribution in [0.25, 0.3) is 11.8 Å². The highest BCUT2D eigenvalue weighted by Crippen LogP contribution is 2.33. The fourth-order valence-corrected chi connectivity index (χ4v) is 3.76. The third-order valence-corrected chi connectivity index (χ3v) is 5.62. The monoisotopic (exact) mass is 489 g/mol. The van der Waals surface area contributed by atoms with Crippen molar-refractivity contribution in [2.75, 3.05) is 10.6 Å². The Kier molecular flexibility index (Phi) is 6.12. The van der Waals surface area contributed by atoms with E-state index in [4.69, 9.17) is 11.6 Å². The molecule has 35 heavy (non-hydrogen) atoms. The molecule has 0 radical (unpaired) electrons. The van der Waals surface area contributed by atoms with Crippen LogP contribution in [-0.2, 0) is 4.79 Å². The van der Waals surface area contributed by atoms with Gasteiger partial charge in [0.2, 0.25) is 5.95 Å². The number of fused-ring (bicyclic) bond motifs is 1. The minimum Gasteiger partial charge on any atom is -0.324 e. The molecule has 0 saturated carbocycles. The van der Waals surface area contributed by atoms with Gasteiger partial charge in [0.1, 0.15) is 17.7 Å². The molecule has 1 aliphatic rings. The molecule has 0 aliphatic carbocycles. The van der Waals surface area contributed by atoms with Gasteiger partial charge in [-0.15, -0.1) is 5.10 Å². The first kappa shape index (κ1) is 22.5. The molecule has 1 amide bonds. The van der Waals surface area contributed by atoms with Gasteiger partial charge in [-0.1, -0.05) is 48.0 Å². The zero-order chi connectivity index (χ0) is 24.4. The van der Waals surface area contributed by atoms with Crippen molar-refractivity contribution in [1.82, 2.24) is 14.8 Å². The smallest absolute Gasteiger partial charge is 0.250 e. The van der Waals surface area contributed by atoms with Crippen molar-refractivity contribution in [3.8, 4) is 0 Å². The summed E-state index contributed by atoms with van der Waals surface area (Å²) in [7, 11) is 0. The van der Waals surface area contributed by atoms with Crippen LogP contribution in [0, 0.1) is 11.6 Å². The lowest BCUT2D eigenvalue weighted by Gasteiger charge is -2.24. The van der Waals surface area contributed by atoms with Gasteiger partial charge in [-0.25, -0.2) is 13.5 Å². The number of benzene rings is 3. The maximum absolute atomic E-state index is 13.5. The molecule has 5 rings (SSSR count). The molecule has 4 aromatic rings. The van der Waals surface area contributed by atoms with Gasteiger partial charge in [0.25, 0.3) is 11.9 Å². The van der Waals surface area contributed by atoms with E-state index < -0.39 is 11.9 Å². The van der Waals surface area contributed by atoms with E-state index >= 15 is 0 Å². The van der Waals surface area contributed by atoms with Crippen LogP contribution >= 0.6 is 11.6 Å². The fourth-order valence-electron chi connectivity index (χ4n) is 3.64.